The van der Waals surface area contributed by atoms with E-state index in [1.165, 1.54) is 5.56 Å². The Morgan fingerprint density at radius 3 is 2.47 bits per heavy atom. The van der Waals surface area contributed by atoms with Crippen LogP contribution in [0.4, 0.5) is 0 Å². The van der Waals surface area contributed by atoms with Crippen LogP contribution in [0.3, 0.4) is 0 Å². The summed E-state index contributed by atoms with van der Waals surface area (Å²) in [4.78, 5) is 13.2. The molecule has 94 valence electrons. The van der Waals surface area contributed by atoms with Crippen molar-refractivity contribution in [2.75, 3.05) is 20.6 Å². The van der Waals surface area contributed by atoms with Crippen molar-refractivity contribution in [3.05, 3.63) is 35.9 Å². The smallest absolute Gasteiger partial charge is 0.217 e. The molecule has 3 heteroatoms. The van der Waals surface area contributed by atoms with Crippen LogP contribution in [-0.2, 0) is 11.2 Å². The minimum absolute atomic E-state index is 0.0462. The quantitative estimate of drug-likeness (QED) is 0.812. The first kappa shape index (κ1) is 13.7. The minimum Gasteiger partial charge on any atom is -0.352 e. The average molecular weight is 234 g/mol. The number of benzene rings is 1. The Morgan fingerprint density at radius 1 is 1.29 bits per heavy atom. The predicted molar refractivity (Wildman–Crippen MR) is 70.9 cm³/mol. The van der Waals surface area contributed by atoms with Crippen molar-refractivity contribution in [1.29, 1.82) is 0 Å². The van der Waals surface area contributed by atoms with Gasteiger partial charge in [0.25, 0.3) is 0 Å². The van der Waals surface area contributed by atoms with Crippen LogP contribution < -0.4 is 5.32 Å². The Balaban J connectivity index is 2.45. The molecule has 1 amide bonds. The highest BCUT2D eigenvalue weighted by molar-refractivity contribution is 5.73. The van der Waals surface area contributed by atoms with Crippen molar-refractivity contribution < 1.29 is 4.79 Å². The van der Waals surface area contributed by atoms with Crippen LogP contribution in [0.2, 0.25) is 0 Å². The standard InChI is InChI=1S/C14H22N2O/c1-12(17)15-14(11-16(2)3)10-9-13-7-5-4-6-8-13/h4-8,14H,9-11H2,1-3H3,(H,15,17)/t14-/m0/s1. The third-order valence-corrected chi connectivity index (χ3v) is 2.62. The molecule has 1 N–H and O–H groups in total. The van der Waals surface area contributed by atoms with Gasteiger partial charge in [0, 0.05) is 19.5 Å². The van der Waals surface area contributed by atoms with Crippen LogP contribution in [0.1, 0.15) is 18.9 Å². The molecule has 17 heavy (non-hydrogen) atoms. The van der Waals surface area contributed by atoms with Gasteiger partial charge in [-0.2, -0.15) is 0 Å². The molecule has 0 aliphatic carbocycles. The van der Waals surface area contributed by atoms with Gasteiger partial charge in [-0.3, -0.25) is 4.79 Å². The number of hydrogen-bond donors (Lipinski definition) is 1. The van der Waals surface area contributed by atoms with Crippen LogP contribution in [0.15, 0.2) is 30.3 Å². The second-order valence-electron chi connectivity index (χ2n) is 4.68. The monoisotopic (exact) mass is 234 g/mol. The Hall–Kier alpha value is -1.35. The number of aryl methyl sites for hydroxylation is 1. The molecule has 0 fully saturated rings. The van der Waals surface area contributed by atoms with E-state index in [2.05, 4.69) is 34.5 Å². The molecule has 1 atom stereocenters. The molecule has 0 heterocycles. The van der Waals surface area contributed by atoms with Crippen molar-refractivity contribution in [1.82, 2.24) is 10.2 Å². The summed E-state index contributed by atoms with van der Waals surface area (Å²) >= 11 is 0. The van der Waals surface area contributed by atoms with Crippen molar-refractivity contribution >= 4 is 5.91 Å². The van der Waals surface area contributed by atoms with Gasteiger partial charge in [-0.1, -0.05) is 30.3 Å². The number of nitrogens with zero attached hydrogens (tertiary/aromatic N) is 1. The largest absolute Gasteiger partial charge is 0.352 e. The highest BCUT2D eigenvalue weighted by Crippen LogP contribution is 2.05. The Bertz CT molecular complexity index is 335. The molecule has 0 aliphatic heterocycles. The lowest BCUT2D eigenvalue weighted by atomic mass is 10.0. The Kier molecular flexibility index (Phi) is 5.70. The molecule has 0 unspecified atom stereocenters. The lowest BCUT2D eigenvalue weighted by Crippen LogP contribution is -2.41. The maximum absolute atomic E-state index is 11.1. The van der Waals surface area contributed by atoms with Gasteiger partial charge in [0.1, 0.15) is 0 Å². The van der Waals surface area contributed by atoms with Crippen LogP contribution in [0, 0.1) is 0 Å². The Morgan fingerprint density at radius 2 is 1.94 bits per heavy atom. The summed E-state index contributed by atoms with van der Waals surface area (Å²) < 4.78 is 0. The van der Waals surface area contributed by atoms with E-state index in [0.29, 0.717) is 0 Å². The minimum atomic E-state index is 0.0462. The van der Waals surface area contributed by atoms with Crippen LogP contribution >= 0.6 is 0 Å². The molecule has 1 rings (SSSR count). The van der Waals surface area contributed by atoms with Crippen molar-refractivity contribution in [2.45, 2.75) is 25.8 Å². The van der Waals surface area contributed by atoms with Gasteiger partial charge in [-0.15, -0.1) is 0 Å². The summed E-state index contributed by atoms with van der Waals surface area (Å²) in [6.07, 6.45) is 1.97. The molecule has 0 saturated heterocycles. The van der Waals surface area contributed by atoms with Gasteiger partial charge >= 0.3 is 0 Å². The van der Waals surface area contributed by atoms with E-state index in [-0.39, 0.29) is 11.9 Å². The maximum atomic E-state index is 11.1. The number of carbonyl (C=O) groups is 1. The highest BCUT2D eigenvalue weighted by atomic mass is 16.1. The van der Waals surface area contributed by atoms with Crippen LogP contribution in [0.25, 0.3) is 0 Å². The van der Waals surface area contributed by atoms with E-state index >= 15 is 0 Å². The lowest BCUT2D eigenvalue weighted by molar-refractivity contribution is -0.119. The topological polar surface area (TPSA) is 32.3 Å². The summed E-state index contributed by atoms with van der Waals surface area (Å²) in [7, 11) is 4.05. The molecule has 0 aromatic heterocycles. The molecule has 0 bridgehead atoms. The number of nitrogens with one attached hydrogen (secondary N) is 1. The zero-order valence-corrected chi connectivity index (χ0v) is 10.9. The number of rotatable bonds is 6. The Labute approximate surface area is 104 Å². The first-order chi connectivity index (χ1) is 8.08. The SMILES string of the molecule is CC(=O)N[C@@H](CCc1ccccc1)CN(C)C. The number of amides is 1. The average Bonchev–Trinajstić information content (AvgIpc) is 2.26. The third-order valence-electron chi connectivity index (χ3n) is 2.62. The van der Waals surface area contributed by atoms with Crippen molar-refractivity contribution in [3.8, 4) is 0 Å². The predicted octanol–water partition coefficient (Wildman–Crippen LogP) is 1.69. The fourth-order valence-corrected chi connectivity index (χ4v) is 1.92. The summed E-state index contributed by atoms with van der Waals surface area (Å²) in [6.45, 7) is 2.46. The number of likely N-dealkylation sites (N-methyl/N-ethyl adjacent to an activating group) is 1. The molecule has 1 aromatic rings. The first-order valence-electron chi connectivity index (χ1n) is 6.03. The molecule has 3 nitrogen and oxygen atoms in total. The summed E-state index contributed by atoms with van der Waals surface area (Å²) in [5, 5.41) is 3.00. The number of hydrogen-bond acceptors (Lipinski definition) is 2. The zero-order valence-electron chi connectivity index (χ0n) is 10.9. The van der Waals surface area contributed by atoms with Crippen LogP contribution in [0.5, 0.6) is 0 Å². The summed E-state index contributed by atoms with van der Waals surface area (Å²) in [6, 6.07) is 10.6. The summed E-state index contributed by atoms with van der Waals surface area (Å²) in [5.41, 5.74) is 1.32. The van der Waals surface area contributed by atoms with Gasteiger partial charge in [0.2, 0.25) is 5.91 Å². The first-order valence-corrected chi connectivity index (χ1v) is 6.03. The van der Waals surface area contributed by atoms with E-state index in [4.69, 9.17) is 0 Å². The van der Waals surface area contributed by atoms with E-state index in [0.717, 1.165) is 19.4 Å². The normalized spacial score (nSPS) is 12.5. The molecular weight excluding hydrogens is 212 g/mol. The van der Waals surface area contributed by atoms with E-state index in [1.54, 1.807) is 6.92 Å². The van der Waals surface area contributed by atoms with Gasteiger partial charge in [-0.05, 0) is 32.5 Å². The highest BCUT2D eigenvalue weighted by Gasteiger charge is 2.10. The summed E-state index contributed by atoms with van der Waals surface area (Å²) in [5.74, 6) is 0.0462. The van der Waals surface area contributed by atoms with Gasteiger partial charge in [0.05, 0.1) is 0 Å². The van der Waals surface area contributed by atoms with Crippen molar-refractivity contribution in [2.24, 2.45) is 0 Å². The van der Waals surface area contributed by atoms with E-state index < -0.39 is 0 Å². The molecule has 0 aliphatic rings. The van der Waals surface area contributed by atoms with Gasteiger partial charge < -0.3 is 10.2 Å². The maximum Gasteiger partial charge on any atom is 0.217 e. The molecule has 0 radical (unpaired) electrons. The molecule has 0 saturated carbocycles. The van der Waals surface area contributed by atoms with Gasteiger partial charge in [0.15, 0.2) is 0 Å². The fourth-order valence-electron chi connectivity index (χ4n) is 1.92. The fraction of sp³-hybridized carbons (Fsp3) is 0.500. The van der Waals surface area contributed by atoms with Gasteiger partial charge in [-0.25, -0.2) is 0 Å². The lowest BCUT2D eigenvalue weighted by Gasteiger charge is -2.21. The second kappa shape index (κ2) is 7.07. The molecule has 0 spiro atoms. The van der Waals surface area contributed by atoms with E-state index in [9.17, 15) is 4.79 Å². The number of carbonyl (C=O) groups excluding carboxylic acids is 1. The zero-order chi connectivity index (χ0) is 12.7. The van der Waals surface area contributed by atoms with E-state index in [1.807, 2.05) is 20.2 Å². The third kappa shape index (κ3) is 6.07. The molecule has 1 aromatic carbocycles. The second-order valence-corrected chi connectivity index (χ2v) is 4.68. The molecular formula is C14H22N2O. The van der Waals surface area contributed by atoms with Crippen molar-refractivity contribution in [3.63, 3.8) is 0 Å². The van der Waals surface area contributed by atoms with Crippen LogP contribution in [-0.4, -0.2) is 37.5 Å².